The molecule has 51 heavy (non-hydrogen) atoms. The zero-order valence-corrected chi connectivity index (χ0v) is 30.2. The average Bonchev–Trinajstić information content (AvgIpc) is 3.15. The summed E-state index contributed by atoms with van der Waals surface area (Å²) in [4.78, 5) is 54.4. The molecule has 1 fully saturated rings. The molecular weight excluding hydrogens is 652 g/mol. The van der Waals surface area contributed by atoms with Crippen LogP contribution in [0.4, 0.5) is 0 Å². The Bertz CT molecular complexity index is 1650. The minimum absolute atomic E-state index is 0.186. The topological polar surface area (TPSA) is 141 Å². The molecule has 2 N–H and O–H groups in total. The van der Waals surface area contributed by atoms with Gasteiger partial charge in [0.2, 0.25) is 5.78 Å². The fourth-order valence-corrected chi connectivity index (χ4v) is 5.86. The van der Waals surface area contributed by atoms with Gasteiger partial charge in [-0.05, 0) is 98.0 Å². The number of benzene rings is 3. The molecule has 1 heterocycles. The zero-order chi connectivity index (χ0) is 37.0. The second-order valence-electron chi connectivity index (χ2n) is 13.4. The number of hydrogen-bond donors (Lipinski definition) is 2. The molecule has 0 aromatic heterocycles. The summed E-state index contributed by atoms with van der Waals surface area (Å²) in [7, 11) is 3.14. The maximum atomic E-state index is 13.9. The van der Waals surface area contributed by atoms with Crippen LogP contribution >= 0.6 is 0 Å². The first kappa shape index (κ1) is 38.7. The molecule has 11 heteroatoms. The van der Waals surface area contributed by atoms with Gasteiger partial charge in [-0.15, -0.1) is 0 Å². The van der Waals surface area contributed by atoms with E-state index >= 15 is 0 Å². The van der Waals surface area contributed by atoms with Crippen LogP contribution in [0.25, 0.3) is 0 Å². The van der Waals surface area contributed by atoms with Crippen molar-refractivity contribution in [3.63, 3.8) is 0 Å². The van der Waals surface area contributed by atoms with Crippen molar-refractivity contribution in [2.24, 2.45) is 5.41 Å². The first-order valence-electron chi connectivity index (χ1n) is 17.5. The minimum Gasteiger partial charge on any atom is -0.508 e. The highest BCUT2D eigenvalue weighted by molar-refractivity contribution is 6.38. The molecule has 11 nitrogen and oxygen atoms in total. The first-order valence-corrected chi connectivity index (χ1v) is 17.5. The number of nitrogens with one attached hydrogen (secondary N) is 1. The van der Waals surface area contributed by atoms with E-state index in [2.05, 4.69) is 5.32 Å². The maximum absolute atomic E-state index is 13.9. The number of likely N-dealkylation sites (tertiary alicyclic amines) is 1. The molecule has 0 aliphatic carbocycles. The molecule has 2 amide bonds. The van der Waals surface area contributed by atoms with Gasteiger partial charge in [-0.25, -0.2) is 4.79 Å². The van der Waals surface area contributed by atoms with E-state index in [1.807, 2.05) is 31.2 Å². The van der Waals surface area contributed by atoms with Gasteiger partial charge in [-0.3, -0.25) is 14.4 Å². The fraction of sp³-hybridized carbons (Fsp3) is 0.450. The molecule has 0 spiro atoms. The van der Waals surface area contributed by atoms with Crippen molar-refractivity contribution in [3.05, 3.63) is 83.4 Å². The largest absolute Gasteiger partial charge is 0.508 e. The van der Waals surface area contributed by atoms with E-state index in [4.69, 9.17) is 18.9 Å². The van der Waals surface area contributed by atoms with Gasteiger partial charge in [-0.2, -0.15) is 0 Å². The van der Waals surface area contributed by atoms with Crippen LogP contribution in [0.2, 0.25) is 0 Å². The summed E-state index contributed by atoms with van der Waals surface area (Å²) < 4.78 is 22.9. The number of carbonyl (C=O) groups is 4. The molecule has 0 saturated carbocycles. The summed E-state index contributed by atoms with van der Waals surface area (Å²) in [5.41, 5.74) is 1.74. The van der Waals surface area contributed by atoms with Gasteiger partial charge in [-0.1, -0.05) is 51.1 Å². The van der Waals surface area contributed by atoms with Gasteiger partial charge in [0.25, 0.3) is 11.8 Å². The third kappa shape index (κ3) is 10.7. The second-order valence-corrected chi connectivity index (χ2v) is 13.4. The number of ketones is 1. The van der Waals surface area contributed by atoms with Crippen molar-refractivity contribution in [1.29, 1.82) is 0 Å². The highest BCUT2D eigenvalue weighted by Crippen LogP contribution is 2.32. The van der Waals surface area contributed by atoms with E-state index in [9.17, 15) is 24.3 Å². The van der Waals surface area contributed by atoms with Crippen molar-refractivity contribution in [2.45, 2.75) is 77.9 Å². The summed E-state index contributed by atoms with van der Waals surface area (Å²) in [6.45, 7) is 5.84. The average molecular weight is 703 g/mol. The van der Waals surface area contributed by atoms with Crippen LogP contribution in [0, 0.1) is 5.41 Å². The number of amides is 2. The van der Waals surface area contributed by atoms with Gasteiger partial charge in [0.05, 0.1) is 14.2 Å². The second kappa shape index (κ2) is 18.3. The molecular formula is C40H50N2O9. The van der Waals surface area contributed by atoms with Gasteiger partial charge in [0.15, 0.2) is 18.1 Å². The number of aryl methyl sites for hydroxylation is 1. The van der Waals surface area contributed by atoms with E-state index in [0.29, 0.717) is 74.4 Å². The summed E-state index contributed by atoms with van der Waals surface area (Å²) in [5, 5.41) is 12.3. The Morgan fingerprint density at radius 2 is 1.65 bits per heavy atom. The minimum atomic E-state index is -0.879. The van der Waals surface area contributed by atoms with Crippen molar-refractivity contribution in [2.75, 3.05) is 33.9 Å². The van der Waals surface area contributed by atoms with Gasteiger partial charge < -0.3 is 34.3 Å². The monoisotopic (exact) mass is 702 g/mol. The van der Waals surface area contributed by atoms with Crippen molar-refractivity contribution >= 4 is 23.6 Å². The van der Waals surface area contributed by atoms with Crippen molar-refractivity contribution in [1.82, 2.24) is 10.2 Å². The normalized spacial score (nSPS) is 15.0. The number of Topliss-reactive ketones (excluding diaryl/α,β-unsaturated/α-hetero) is 1. The maximum Gasteiger partial charge on any atom is 0.329 e. The summed E-state index contributed by atoms with van der Waals surface area (Å²) in [6.07, 6.45) is 3.11. The van der Waals surface area contributed by atoms with Crippen LogP contribution in [0.15, 0.2) is 66.7 Å². The van der Waals surface area contributed by atoms with E-state index < -0.39 is 35.2 Å². The van der Waals surface area contributed by atoms with E-state index in [1.165, 1.54) is 4.90 Å². The van der Waals surface area contributed by atoms with E-state index in [-0.39, 0.29) is 18.3 Å². The highest BCUT2D eigenvalue weighted by atomic mass is 16.5. The standard InChI is InChI=1S/C40H50N2O9/c1-6-40(2,3)37(45)38(46)42-23-8-7-12-32(42)39(47)51-33(19-15-28-16-20-34(48-4)35(24-28)49-5)29-10-9-11-31(25-29)50-26-36(44)41-22-21-27-13-17-30(43)18-14-27/h9-11,13-14,16-18,20,24-25,32-33,43H,6-8,12,15,19,21-23,26H2,1-5H3,(H,41,44)/t32-,33+/m0/s1. The lowest BCUT2D eigenvalue weighted by Crippen LogP contribution is -2.53. The van der Waals surface area contributed by atoms with Crippen LogP contribution in [0.3, 0.4) is 0 Å². The number of ether oxygens (including phenoxy) is 4. The van der Waals surface area contributed by atoms with Gasteiger partial charge in [0.1, 0.15) is 23.6 Å². The number of phenols is 1. The molecule has 0 bridgehead atoms. The number of esters is 1. The predicted octanol–water partition coefficient (Wildman–Crippen LogP) is 5.75. The van der Waals surface area contributed by atoms with E-state index in [0.717, 1.165) is 17.5 Å². The quantitative estimate of drug-likeness (QED) is 0.133. The number of hydrogen-bond acceptors (Lipinski definition) is 9. The van der Waals surface area contributed by atoms with Gasteiger partial charge >= 0.3 is 5.97 Å². The fourth-order valence-electron chi connectivity index (χ4n) is 5.86. The number of nitrogens with zero attached hydrogens (tertiary/aromatic N) is 1. The first-order chi connectivity index (χ1) is 24.4. The Hall–Kier alpha value is -5.06. The molecule has 3 aromatic carbocycles. The van der Waals surface area contributed by atoms with Crippen LogP contribution in [-0.2, 0) is 36.8 Å². The molecule has 274 valence electrons. The molecule has 0 radical (unpaired) electrons. The molecule has 2 atom stereocenters. The third-order valence-corrected chi connectivity index (χ3v) is 9.40. The zero-order valence-electron chi connectivity index (χ0n) is 30.2. The third-order valence-electron chi connectivity index (χ3n) is 9.40. The Morgan fingerprint density at radius 1 is 0.922 bits per heavy atom. The van der Waals surface area contributed by atoms with E-state index in [1.54, 1.807) is 70.5 Å². The Labute approximate surface area is 300 Å². The summed E-state index contributed by atoms with van der Waals surface area (Å²) in [6, 6.07) is 18.6. The molecule has 0 unspecified atom stereocenters. The number of phenolic OH excluding ortho intramolecular Hbond substituents is 1. The molecule has 1 aliphatic heterocycles. The number of methoxy groups -OCH3 is 2. The smallest absolute Gasteiger partial charge is 0.329 e. The Balaban J connectivity index is 1.49. The Morgan fingerprint density at radius 3 is 2.35 bits per heavy atom. The van der Waals surface area contributed by atoms with Crippen LogP contribution in [0.1, 0.15) is 75.7 Å². The van der Waals surface area contributed by atoms with Crippen molar-refractivity contribution < 1.29 is 43.2 Å². The predicted molar refractivity (Wildman–Crippen MR) is 192 cm³/mol. The molecule has 3 aromatic rings. The van der Waals surface area contributed by atoms with Crippen LogP contribution < -0.4 is 19.5 Å². The number of rotatable bonds is 17. The lowest BCUT2D eigenvalue weighted by Gasteiger charge is -2.36. The highest BCUT2D eigenvalue weighted by Gasteiger charge is 2.41. The number of carbonyl (C=O) groups excluding carboxylic acids is 4. The molecule has 1 aliphatic rings. The lowest BCUT2D eigenvalue weighted by molar-refractivity contribution is -0.164. The number of aromatic hydroxyl groups is 1. The SMILES string of the molecule is CCC(C)(C)C(=O)C(=O)N1CCCC[C@H]1C(=O)O[C@H](CCc1ccc(OC)c(OC)c1)c1cccc(OCC(=O)NCCc2ccc(O)cc2)c1. The molecule has 4 rings (SSSR count). The van der Waals surface area contributed by atoms with Crippen molar-refractivity contribution in [3.8, 4) is 23.0 Å². The van der Waals surface area contributed by atoms with Crippen LogP contribution in [-0.4, -0.2) is 73.5 Å². The lowest BCUT2D eigenvalue weighted by atomic mass is 9.84. The summed E-state index contributed by atoms with van der Waals surface area (Å²) in [5.74, 6) is -0.232. The number of piperidine rings is 1. The molecule has 1 saturated heterocycles. The van der Waals surface area contributed by atoms with Gasteiger partial charge in [0, 0.05) is 18.5 Å². The Kier molecular flexibility index (Phi) is 13.9. The summed E-state index contributed by atoms with van der Waals surface area (Å²) >= 11 is 0. The van der Waals surface area contributed by atoms with Crippen LogP contribution in [0.5, 0.6) is 23.0 Å².